The summed E-state index contributed by atoms with van der Waals surface area (Å²) >= 11 is 0. The van der Waals surface area contributed by atoms with Crippen molar-refractivity contribution in [1.82, 2.24) is 34.3 Å². The summed E-state index contributed by atoms with van der Waals surface area (Å²) in [4.78, 5) is 9.41. The molecule has 4 heterocycles. The summed E-state index contributed by atoms with van der Waals surface area (Å²) in [6.07, 6.45) is 0.919. The molecule has 1 aromatic carbocycles. The molecule has 6 rings (SSSR count). The molecule has 0 spiro atoms. The van der Waals surface area contributed by atoms with Crippen molar-refractivity contribution in [2.24, 2.45) is 7.05 Å². The van der Waals surface area contributed by atoms with E-state index in [1.165, 1.54) is 12.6 Å². The lowest BCUT2D eigenvalue weighted by Gasteiger charge is -2.32. The van der Waals surface area contributed by atoms with Crippen LogP contribution < -0.4 is 10.1 Å². The maximum absolute atomic E-state index is 13.5. The molecule has 0 atom stereocenters. The monoisotopic (exact) mass is 582 g/mol. The molecule has 1 aliphatic heterocycles. The van der Waals surface area contributed by atoms with Gasteiger partial charge in [0.25, 0.3) is 0 Å². The molecular weight excluding hydrogens is 545 g/mol. The second-order valence-electron chi connectivity index (χ2n) is 11.4. The third kappa shape index (κ3) is 5.82. The number of aromatic nitrogens is 5. The van der Waals surface area contributed by atoms with Gasteiger partial charge in [-0.2, -0.15) is 23.4 Å². The lowest BCUT2D eigenvalue weighted by Crippen LogP contribution is -2.43. The first-order chi connectivity index (χ1) is 20.2. The number of likely N-dealkylation sites (N-methyl/N-ethyl adjacent to an activating group) is 1. The summed E-state index contributed by atoms with van der Waals surface area (Å²) in [5.41, 5.74) is 3.34. The van der Waals surface area contributed by atoms with E-state index in [2.05, 4.69) is 61.2 Å². The summed E-state index contributed by atoms with van der Waals surface area (Å²) in [6.45, 7) is 5.27. The number of pyridine rings is 1. The van der Waals surface area contributed by atoms with E-state index >= 15 is 0 Å². The van der Waals surface area contributed by atoms with Gasteiger partial charge in [0, 0.05) is 70.0 Å². The molecule has 1 saturated carbocycles. The van der Waals surface area contributed by atoms with Gasteiger partial charge in [-0.3, -0.25) is 14.3 Å². The van der Waals surface area contributed by atoms with E-state index < -0.39 is 11.9 Å². The average Bonchev–Trinajstić information content (AvgIpc) is 3.55. The minimum Gasteiger partial charge on any atom is -0.486 e. The second kappa shape index (κ2) is 11.6. The van der Waals surface area contributed by atoms with Crippen molar-refractivity contribution in [3.63, 3.8) is 0 Å². The lowest BCUT2D eigenvalue weighted by atomic mass is 9.93. The molecule has 1 aliphatic carbocycles. The lowest BCUT2D eigenvalue weighted by molar-refractivity contribution is -0.145. The van der Waals surface area contributed by atoms with Crippen LogP contribution in [0, 0.1) is 0 Å². The molecule has 3 aromatic heterocycles. The van der Waals surface area contributed by atoms with Gasteiger partial charge >= 0.3 is 6.18 Å². The normalized spacial score (nSPS) is 20.7. The third-order valence-corrected chi connectivity index (χ3v) is 8.53. The Kier molecular flexibility index (Phi) is 7.84. The topological polar surface area (TPSA) is 76.3 Å². The zero-order chi connectivity index (χ0) is 29.4. The average molecular weight is 583 g/mol. The second-order valence-corrected chi connectivity index (χ2v) is 11.4. The van der Waals surface area contributed by atoms with E-state index in [-0.39, 0.29) is 17.9 Å². The number of ether oxygens (including phenoxy) is 1. The van der Waals surface area contributed by atoms with Crippen LogP contribution >= 0.6 is 0 Å². The summed E-state index contributed by atoms with van der Waals surface area (Å²) < 4.78 is 49.2. The van der Waals surface area contributed by atoms with Crippen LogP contribution in [0.2, 0.25) is 0 Å². The zero-order valence-corrected chi connectivity index (χ0v) is 24.2. The van der Waals surface area contributed by atoms with Gasteiger partial charge in [-0.05, 0) is 38.3 Å². The van der Waals surface area contributed by atoms with Crippen LogP contribution in [0.4, 0.5) is 19.0 Å². The highest BCUT2D eigenvalue weighted by atomic mass is 19.4. The van der Waals surface area contributed by atoms with Gasteiger partial charge in [0.05, 0.1) is 23.9 Å². The fourth-order valence-electron chi connectivity index (χ4n) is 6.11. The van der Waals surface area contributed by atoms with Gasteiger partial charge in [-0.25, -0.2) is 4.98 Å². The van der Waals surface area contributed by atoms with E-state index in [9.17, 15) is 13.2 Å². The van der Waals surface area contributed by atoms with E-state index in [0.29, 0.717) is 12.8 Å². The van der Waals surface area contributed by atoms with Gasteiger partial charge in [0.15, 0.2) is 11.4 Å². The van der Waals surface area contributed by atoms with Crippen molar-refractivity contribution in [2.45, 2.75) is 50.6 Å². The van der Waals surface area contributed by atoms with E-state index in [1.807, 2.05) is 19.3 Å². The summed E-state index contributed by atoms with van der Waals surface area (Å²) in [5, 5.41) is 13.0. The smallest absolute Gasteiger partial charge is 0.436 e. The number of halogens is 3. The maximum Gasteiger partial charge on any atom is 0.436 e. The number of fused-ring (bicyclic) bond motifs is 1. The van der Waals surface area contributed by atoms with Gasteiger partial charge in [-0.1, -0.05) is 24.3 Å². The number of nitrogens with zero attached hydrogens (tertiary/aromatic N) is 7. The van der Waals surface area contributed by atoms with Crippen LogP contribution in [0.25, 0.3) is 22.2 Å². The summed E-state index contributed by atoms with van der Waals surface area (Å²) in [5.74, 6) is 0.548. The highest BCUT2D eigenvalue weighted by molar-refractivity contribution is 5.94. The number of aryl methyl sites for hydroxylation is 1. The minimum absolute atomic E-state index is 0.0979. The molecule has 4 aromatic rings. The number of hydrogen-bond donors (Lipinski definition) is 1. The minimum atomic E-state index is -4.52. The van der Waals surface area contributed by atoms with Crippen molar-refractivity contribution in [1.29, 1.82) is 0 Å². The zero-order valence-electron chi connectivity index (χ0n) is 24.2. The Morgan fingerprint density at radius 1 is 0.976 bits per heavy atom. The Hall–Kier alpha value is -3.64. The Morgan fingerprint density at radius 2 is 1.69 bits per heavy atom. The molecule has 0 bridgehead atoms. The van der Waals surface area contributed by atoms with Gasteiger partial charge in [-0.15, -0.1) is 0 Å². The van der Waals surface area contributed by atoms with Crippen LogP contribution in [-0.2, 0) is 19.8 Å². The molecule has 1 N–H and O–H groups in total. The fourth-order valence-corrected chi connectivity index (χ4v) is 6.11. The van der Waals surface area contributed by atoms with Crippen LogP contribution in [0.1, 0.15) is 43.0 Å². The SMILES string of the molecule is CNc1cc2c(cn1)c(-c1ccc(CN3CCN(C)CC3)cc1)nn2[C@H]1CC[C@@H](Oc2cnn(C)c2C(F)(F)F)CC1. The van der Waals surface area contributed by atoms with Crippen molar-refractivity contribution < 1.29 is 17.9 Å². The molecule has 0 amide bonds. The standard InChI is InChI=1S/C30H37F3N8O/c1-34-27-16-25-24(17-35-27)28(21-6-4-20(5-7-21)19-40-14-12-38(2)13-15-40)37-41(25)22-8-10-23(11-9-22)42-26-18-36-39(3)29(26)30(31,32)33/h4-7,16-18,22-23H,8-15,19H2,1-3H3,(H,34,35)/t22-,23+. The largest absolute Gasteiger partial charge is 0.486 e. The summed E-state index contributed by atoms with van der Waals surface area (Å²) in [7, 11) is 5.28. The van der Waals surface area contributed by atoms with E-state index in [0.717, 1.165) is 84.4 Å². The van der Waals surface area contributed by atoms with Crippen LogP contribution in [-0.4, -0.2) is 80.7 Å². The Balaban J connectivity index is 1.20. The Labute approximate surface area is 243 Å². The third-order valence-electron chi connectivity index (χ3n) is 8.53. The molecule has 2 fully saturated rings. The van der Waals surface area contributed by atoms with Gasteiger partial charge in [0.1, 0.15) is 11.5 Å². The van der Waals surface area contributed by atoms with Crippen LogP contribution in [0.5, 0.6) is 5.75 Å². The van der Waals surface area contributed by atoms with Crippen molar-refractivity contribution in [3.05, 3.63) is 54.0 Å². The van der Waals surface area contributed by atoms with Crippen molar-refractivity contribution in [3.8, 4) is 17.0 Å². The number of hydrogen-bond acceptors (Lipinski definition) is 7. The Morgan fingerprint density at radius 3 is 2.36 bits per heavy atom. The maximum atomic E-state index is 13.5. The number of rotatable bonds is 7. The molecular formula is C30H37F3N8O. The number of nitrogens with one attached hydrogen (secondary N) is 1. The summed E-state index contributed by atoms with van der Waals surface area (Å²) in [6, 6.07) is 10.8. The molecule has 12 heteroatoms. The van der Waals surface area contributed by atoms with Gasteiger partial charge in [0.2, 0.25) is 0 Å². The number of piperazine rings is 1. The van der Waals surface area contributed by atoms with E-state index in [4.69, 9.17) is 9.84 Å². The quantitative estimate of drug-likeness (QED) is 0.321. The predicted molar refractivity (Wildman–Crippen MR) is 155 cm³/mol. The van der Waals surface area contributed by atoms with Crippen molar-refractivity contribution in [2.75, 3.05) is 45.6 Å². The first-order valence-electron chi connectivity index (χ1n) is 14.5. The number of benzene rings is 1. The molecule has 42 heavy (non-hydrogen) atoms. The molecule has 0 radical (unpaired) electrons. The highest BCUT2D eigenvalue weighted by Crippen LogP contribution is 2.39. The van der Waals surface area contributed by atoms with E-state index in [1.54, 1.807) is 0 Å². The molecule has 1 saturated heterocycles. The first kappa shape index (κ1) is 28.5. The first-order valence-corrected chi connectivity index (χ1v) is 14.5. The van der Waals surface area contributed by atoms with Crippen LogP contribution in [0.3, 0.4) is 0 Å². The van der Waals surface area contributed by atoms with Gasteiger partial charge < -0.3 is 15.0 Å². The molecule has 2 aliphatic rings. The highest BCUT2D eigenvalue weighted by Gasteiger charge is 2.39. The predicted octanol–water partition coefficient (Wildman–Crippen LogP) is 5.20. The molecule has 0 unspecified atom stereocenters. The van der Waals surface area contributed by atoms with Crippen molar-refractivity contribution >= 4 is 16.7 Å². The number of anilines is 1. The number of alkyl halides is 3. The molecule has 224 valence electrons. The molecule has 9 nitrogen and oxygen atoms in total. The van der Waals surface area contributed by atoms with Crippen LogP contribution in [0.15, 0.2) is 42.7 Å². The Bertz CT molecular complexity index is 1510. The fraction of sp³-hybridized carbons (Fsp3) is 0.500.